The average Bonchev–Trinajstić information content (AvgIpc) is 2.84. The molecule has 3 aromatic rings. The van der Waals surface area contributed by atoms with Crippen LogP contribution >= 0.6 is 0 Å². The number of hydrogen-bond acceptors (Lipinski definition) is 5. The van der Waals surface area contributed by atoms with Crippen LogP contribution in [0.4, 0.5) is 4.79 Å². The third-order valence-electron chi connectivity index (χ3n) is 4.86. The van der Waals surface area contributed by atoms with Gasteiger partial charge in [0.2, 0.25) is 0 Å². The van der Waals surface area contributed by atoms with Crippen molar-refractivity contribution < 1.29 is 24.2 Å². The van der Waals surface area contributed by atoms with E-state index >= 15 is 0 Å². The Labute approximate surface area is 187 Å². The van der Waals surface area contributed by atoms with Crippen LogP contribution in [0.2, 0.25) is 0 Å². The summed E-state index contributed by atoms with van der Waals surface area (Å²) in [6, 6.07) is 23.3. The number of rotatable bonds is 8. The van der Waals surface area contributed by atoms with E-state index in [-0.39, 0.29) is 17.9 Å². The van der Waals surface area contributed by atoms with E-state index in [9.17, 15) is 14.7 Å². The molecule has 0 saturated heterocycles. The number of Topliss-reactive ketones (excluding diaryl/α,β-unsaturated/α-hetero) is 1. The van der Waals surface area contributed by atoms with Crippen molar-refractivity contribution in [1.82, 2.24) is 5.32 Å². The van der Waals surface area contributed by atoms with Crippen LogP contribution in [0.15, 0.2) is 90.5 Å². The first-order valence-electron chi connectivity index (χ1n) is 10.2. The molecule has 2 N–H and O–H groups in total. The summed E-state index contributed by atoms with van der Waals surface area (Å²) in [4.78, 5) is 26.0. The minimum Gasteiger partial charge on any atom is -0.507 e. The average molecular weight is 431 g/mol. The van der Waals surface area contributed by atoms with Crippen LogP contribution in [0, 0.1) is 0 Å². The summed E-state index contributed by atoms with van der Waals surface area (Å²) < 4.78 is 10.3. The highest BCUT2D eigenvalue weighted by molar-refractivity contribution is 6.13. The lowest BCUT2D eigenvalue weighted by molar-refractivity contribution is 0.102. The summed E-state index contributed by atoms with van der Waals surface area (Å²) in [6.45, 7) is 1.85. The Morgan fingerprint density at radius 1 is 0.875 bits per heavy atom. The SMILES string of the molecule is CCOC(=O)N[C@@H](C(C(=O)c1ccccc1)=C(O)c1ccccc1)c1ccc(OC)cc1. The molecule has 0 unspecified atom stereocenters. The minimum atomic E-state index is -0.965. The van der Waals surface area contributed by atoms with Gasteiger partial charge in [-0.25, -0.2) is 4.79 Å². The van der Waals surface area contributed by atoms with E-state index in [1.807, 2.05) is 6.07 Å². The fraction of sp³-hybridized carbons (Fsp3) is 0.154. The molecule has 0 radical (unpaired) electrons. The van der Waals surface area contributed by atoms with Crippen LogP contribution in [0.1, 0.15) is 34.5 Å². The Bertz CT molecular complexity index is 1080. The molecule has 0 saturated carbocycles. The summed E-state index contributed by atoms with van der Waals surface area (Å²) in [6.07, 6.45) is -0.701. The first-order chi connectivity index (χ1) is 15.5. The number of nitrogens with one attached hydrogen (secondary N) is 1. The van der Waals surface area contributed by atoms with Crippen molar-refractivity contribution in [3.05, 3.63) is 107 Å². The van der Waals surface area contributed by atoms with Gasteiger partial charge in [-0.15, -0.1) is 0 Å². The molecule has 0 aliphatic rings. The van der Waals surface area contributed by atoms with Gasteiger partial charge in [0, 0.05) is 11.1 Å². The zero-order valence-corrected chi connectivity index (χ0v) is 17.9. The topological polar surface area (TPSA) is 84.9 Å². The van der Waals surface area contributed by atoms with Crippen molar-refractivity contribution in [3.63, 3.8) is 0 Å². The Morgan fingerprint density at radius 3 is 1.97 bits per heavy atom. The second-order valence-electron chi connectivity index (χ2n) is 6.89. The highest BCUT2D eigenvalue weighted by Crippen LogP contribution is 2.32. The molecule has 0 bridgehead atoms. The van der Waals surface area contributed by atoms with E-state index in [2.05, 4.69) is 5.32 Å². The third kappa shape index (κ3) is 5.35. The van der Waals surface area contributed by atoms with Crippen LogP contribution in [0.3, 0.4) is 0 Å². The number of aliphatic hydroxyl groups is 1. The molecule has 0 heterocycles. The van der Waals surface area contributed by atoms with Crippen molar-refractivity contribution in [2.75, 3.05) is 13.7 Å². The van der Waals surface area contributed by atoms with Crippen molar-refractivity contribution in [1.29, 1.82) is 0 Å². The molecular weight excluding hydrogens is 406 g/mol. The monoisotopic (exact) mass is 431 g/mol. The lowest BCUT2D eigenvalue weighted by Gasteiger charge is -2.23. The molecule has 0 fully saturated rings. The molecule has 0 aliphatic carbocycles. The van der Waals surface area contributed by atoms with Crippen molar-refractivity contribution in [2.45, 2.75) is 13.0 Å². The maximum atomic E-state index is 13.6. The van der Waals surface area contributed by atoms with Crippen LogP contribution < -0.4 is 10.1 Å². The number of aliphatic hydroxyl groups excluding tert-OH is 1. The number of methoxy groups -OCH3 is 1. The first-order valence-corrected chi connectivity index (χ1v) is 10.2. The zero-order valence-electron chi connectivity index (χ0n) is 17.9. The largest absolute Gasteiger partial charge is 0.507 e. The minimum absolute atomic E-state index is 0.0284. The van der Waals surface area contributed by atoms with Gasteiger partial charge in [-0.3, -0.25) is 4.79 Å². The summed E-state index contributed by atoms with van der Waals surface area (Å²) in [5.41, 5.74) is 1.45. The van der Waals surface area contributed by atoms with Gasteiger partial charge < -0.3 is 19.9 Å². The molecule has 6 nitrogen and oxygen atoms in total. The summed E-state index contributed by atoms with van der Waals surface area (Å²) in [5, 5.41) is 14.0. The fourth-order valence-electron chi connectivity index (χ4n) is 3.28. The molecule has 164 valence electrons. The van der Waals surface area contributed by atoms with Crippen LogP contribution in [-0.2, 0) is 4.74 Å². The van der Waals surface area contributed by atoms with Gasteiger partial charge in [0.05, 0.1) is 25.3 Å². The fourth-order valence-corrected chi connectivity index (χ4v) is 3.28. The van der Waals surface area contributed by atoms with Gasteiger partial charge in [-0.1, -0.05) is 72.8 Å². The van der Waals surface area contributed by atoms with Gasteiger partial charge in [-0.2, -0.15) is 0 Å². The molecule has 1 amide bonds. The molecular formula is C26H25NO5. The summed E-state index contributed by atoms with van der Waals surface area (Å²) in [7, 11) is 1.55. The van der Waals surface area contributed by atoms with E-state index in [0.717, 1.165) is 0 Å². The molecule has 0 aromatic heterocycles. The first kappa shape index (κ1) is 22.6. The van der Waals surface area contributed by atoms with Gasteiger partial charge in [0.15, 0.2) is 5.78 Å². The van der Waals surface area contributed by atoms with Gasteiger partial charge >= 0.3 is 6.09 Å². The molecule has 32 heavy (non-hydrogen) atoms. The second-order valence-corrected chi connectivity index (χ2v) is 6.89. The molecule has 1 atom stereocenters. The maximum absolute atomic E-state index is 13.6. The Hall–Kier alpha value is -4.06. The number of ether oxygens (including phenoxy) is 2. The predicted molar refractivity (Wildman–Crippen MR) is 123 cm³/mol. The van der Waals surface area contributed by atoms with E-state index in [4.69, 9.17) is 9.47 Å². The predicted octanol–water partition coefficient (Wildman–Crippen LogP) is 5.33. The number of hydrogen-bond donors (Lipinski definition) is 2. The quantitative estimate of drug-likeness (QED) is 0.286. The number of alkyl carbamates (subject to hydrolysis) is 1. The molecule has 6 heteroatoms. The van der Waals surface area contributed by atoms with Gasteiger partial charge in [0.1, 0.15) is 11.5 Å². The smallest absolute Gasteiger partial charge is 0.407 e. The van der Waals surface area contributed by atoms with Crippen LogP contribution in [0.5, 0.6) is 5.75 Å². The Kier molecular flexibility index (Phi) is 7.65. The van der Waals surface area contributed by atoms with E-state index in [1.165, 1.54) is 0 Å². The van der Waals surface area contributed by atoms with E-state index in [1.54, 1.807) is 92.9 Å². The molecule has 3 aromatic carbocycles. The molecule has 3 rings (SSSR count). The summed E-state index contributed by atoms with van der Waals surface area (Å²) in [5.74, 6) is -0.0162. The normalized spacial score (nSPS) is 12.3. The number of amides is 1. The molecule has 0 spiro atoms. The van der Waals surface area contributed by atoms with Crippen LogP contribution in [0.25, 0.3) is 5.76 Å². The lowest BCUT2D eigenvalue weighted by atomic mass is 9.89. The van der Waals surface area contributed by atoms with Crippen LogP contribution in [-0.4, -0.2) is 30.7 Å². The second kappa shape index (κ2) is 10.8. The highest BCUT2D eigenvalue weighted by atomic mass is 16.5. The Balaban J connectivity index is 2.19. The number of benzene rings is 3. The maximum Gasteiger partial charge on any atom is 0.407 e. The Morgan fingerprint density at radius 2 is 1.44 bits per heavy atom. The van der Waals surface area contributed by atoms with Gasteiger partial charge in [-0.05, 0) is 24.6 Å². The van der Waals surface area contributed by atoms with Gasteiger partial charge in [0.25, 0.3) is 0 Å². The highest BCUT2D eigenvalue weighted by Gasteiger charge is 2.30. The third-order valence-corrected chi connectivity index (χ3v) is 4.86. The number of carbonyl (C=O) groups excluding carboxylic acids is 2. The lowest BCUT2D eigenvalue weighted by Crippen LogP contribution is -2.33. The number of carbonyl (C=O) groups is 2. The van der Waals surface area contributed by atoms with Crippen molar-refractivity contribution in [3.8, 4) is 5.75 Å². The van der Waals surface area contributed by atoms with E-state index < -0.39 is 17.9 Å². The standard InChI is InChI=1S/C26H25NO5/c1-3-32-26(30)27-23(18-14-16-21(31-2)17-15-18)22(24(28)19-10-6-4-7-11-19)25(29)20-12-8-5-9-13-20/h4-17,23,28H,3H2,1-2H3,(H,27,30)/t23-/m1/s1. The number of ketones is 1. The summed E-state index contributed by atoms with van der Waals surface area (Å²) >= 11 is 0. The van der Waals surface area contributed by atoms with Crippen molar-refractivity contribution in [2.24, 2.45) is 0 Å². The van der Waals surface area contributed by atoms with Crippen molar-refractivity contribution >= 4 is 17.6 Å². The molecule has 0 aliphatic heterocycles. The zero-order chi connectivity index (χ0) is 22.9. The van der Waals surface area contributed by atoms with E-state index in [0.29, 0.717) is 22.4 Å².